The summed E-state index contributed by atoms with van der Waals surface area (Å²) < 4.78 is 58.6. The van der Waals surface area contributed by atoms with E-state index in [-0.39, 0.29) is 5.56 Å². The highest BCUT2D eigenvalue weighted by Crippen LogP contribution is 2.29. The molecule has 0 aliphatic carbocycles. The van der Waals surface area contributed by atoms with Crippen LogP contribution in [0.5, 0.6) is 5.75 Å². The van der Waals surface area contributed by atoms with Crippen molar-refractivity contribution in [2.45, 2.75) is 38.9 Å². The maximum Gasteiger partial charge on any atom is 0.461 e. The molecular weight excluding hydrogens is 308 g/mol. The summed E-state index contributed by atoms with van der Waals surface area (Å²) in [6.45, 7) is 3.74. The van der Waals surface area contributed by atoms with E-state index in [0.717, 1.165) is 19.1 Å². The molecule has 8 heteroatoms. The first kappa shape index (κ1) is 17.9. The lowest BCUT2D eigenvalue weighted by molar-refractivity contribution is -0.253. The molecule has 0 aliphatic rings. The van der Waals surface area contributed by atoms with Crippen molar-refractivity contribution in [1.82, 2.24) is 0 Å². The van der Waals surface area contributed by atoms with Gasteiger partial charge in [-0.1, -0.05) is 12.1 Å². The molecule has 0 radical (unpaired) electrons. The molecule has 0 amide bonds. The number of benzene rings is 1. The Bertz CT molecular complexity index is 570. The zero-order valence-corrected chi connectivity index (χ0v) is 12.0. The Hall–Kier alpha value is -2.12. The topological polar surface area (TPSA) is 52.6 Å². The number of Topliss-reactive ketones (excluding diaryl/α,β-unsaturated/α-hetero) is 1. The second-order valence-electron chi connectivity index (χ2n) is 4.93. The molecule has 1 aromatic rings. The van der Waals surface area contributed by atoms with Gasteiger partial charge in [-0.05, 0) is 26.0 Å². The maximum atomic E-state index is 12.8. The Balaban J connectivity index is 3.02. The smallest absolute Gasteiger partial charge is 0.451 e. The van der Waals surface area contributed by atoms with Crippen molar-refractivity contribution in [2.75, 3.05) is 0 Å². The van der Waals surface area contributed by atoms with Crippen molar-refractivity contribution in [3.8, 4) is 5.75 Å². The Morgan fingerprint density at radius 1 is 1.18 bits per heavy atom. The third kappa shape index (κ3) is 4.44. The van der Waals surface area contributed by atoms with Crippen molar-refractivity contribution in [3.63, 3.8) is 0 Å². The van der Waals surface area contributed by atoms with Gasteiger partial charge in [0.2, 0.25) is 5.78 Å². The van der Waals surface area contributed by atoms with Crippen molar-refractivity contribution in [3.05, 3.63) is 29.8 Å². The molecule has 0 saturated heterocycles. The van der Waals surface area contributed by atoms with Gasteiger partial charge in [0.15, 0.2) is 5.60 Å². The first-order chi connectivity index (χ1) is 9.95. The van der Waals surface area contributed by atoms with Crippen molar-refractivity contribution < 1.29 is 36.6 Å². The van der Waals surface area contributed by atoms with E-state index in [4.69, 9.17) is 4.74 Å². The van der Waals surface area contributed by atoms with Crippen LogP contribution in [0.25, 0.3) is 0 Å². The number of ether oxygens (including phenoxy) is 2. The highest BCUT2D eigenvalue weighted by molar-refractivity contribution is 6.03. The summed E-state index contributed by atoms with van der Waals surface area (Å²) in [7, 11) is 0. The summed E-state index contributed by atoms with van der Waals surface area (Å²) in [6, 6.07) is 4.34. The zero-order chi connectivity index (χ0) is 17.1. The molecule has 0 unspecified atom stereocenters. The first-order valence-electron chi connectivity index (χ1n) is 6.15. The lowest BCUT2D eigenvalue weighted by Crippen LogP contribution is -2.37. The molecule has 22 heavy (non-hydrogen) atoms. The molecular formula is C14H14F4O4. The van der Waals surface area contributed by atoms with E-state index in [1.54, 1.807) is 0 Å². The van der Waals surface area contributed by atoms with Crippen LogP contribution in [0.2, 0.25) is 0 Å². The van der Waals surface area contributed by atoms with Crippen LogP contribution in [-0.4, -0.2) is 29.9 Å². The second-order valence-corrected chi connectivity index (χ2v) is 4.93. The Morgan fingerprint density at radius 3 is 2.27 bits per heavy atom. The lowest BCUT2D eigenvalue weighted by Gasteiger charge is -2.23. The van der Waals surface area contributed by atoms with Crippen molar-refractivity contribution >= 4 is 11.8 Å². The van der Waals surface area contributed by atoms with E-state index in [9.17, 15) is 27.2 Å². The van der Waals surface area contributed by atoms with E-state index in [2.05, 4.69) is 4.74 Å². The van der Waals surface area contributed by atoms with Crippen LogP contribution in [0, 0.1) is 0 Å². The van der Waals surface area contributed by atoms with Crippen LogP contribution < -0.4 is 4.74 Å². The monoisotopic (exact) mass is 322 g/mol. The first-order valence-corrected chi connectivity index (χ1v) is 6.15. The summed E-state index contributed by atoms with van der Waals surface area (Å²) in [5.74, 6) is -1.99. The third-order valence-corrected chi connectivity index (χ3v) is 2.55. The van der Waals surface area contributed by atoms with Gasteiger partial charge in [0.05, 0.1) is 0 Å². The molecule has 0 fully saturated rings. The Morgan fingerprint density at radius 2 is 1.77 bits per heavy atom. The van der Waals surface area contributed by atoms with E-state index in [1.165, 1.54) is 26.0 Å². The average molecular weight is 322 g/mol. The van der Waals surface area contributed by atoms with Gasteiger partial charge in [-0.3, -0.25) is 9.59 Å². The fraction of sp³-hybridized carbons (Fsp3) is 0.429. The molecule has 0 aliphatic heterocycles. The van der Waals surface area contributed by atoms with E-state index in [1.807, 2.05) is 0 Å². The summed E-state index contributed by atoms with van der Waals surface area (Å²) in [5.41, 5.74) is -1.65. The van der Waals surface area contributed by atoms with Gasteiger partial charge in [-0.25, -0.2) is 0 Å². The number of hydrogen-bond acceptors (Lipinski definition) is 4. The number of hydrogen-bond donors (Lipinski definition) is 0. The predicted molar refractivity (Wildman–Crippen MR) is 68.2 cm³/mol. The van der Waals surface area contributed by atoms with Crippen LogP contribution in [0.3, 0.4) is 0 Å². The molecule has 0 saturated carbocycles. The van der Waals surface area contributed by atoms with Gasteiger partial charge in [-0.2, -0.15) is 17.6 Å². The van der Waals surface area contributed by atoms with E-state index in [0.29, 0.717) is 0 Å². The molecule has 0 N–H and O–H groups in total. The van der Waals surface area contributed by atoms with Crippen molar-refractivity contribution in [2.24, 2.45) is 0 Å². The van der Waals surface area contributed by atoms with Gasteiger partial charge in [0.1, 0.15) is 5.75 Å². The minimum Gasteiger partial charge on any atom is -0.451 e. The standard InChI is InChI=1S/C14H14F4O4/c1-8(19)21-13(2,3)11(20)9-5-4-6-10(7-9)22-14(17,18)12(15)16/h4-7,12H,1-3H3. The maximum absolute atomic E-state index is 12.8. The van der Waals surface area contributed by atoms with Crippen LogP contribution in [0.4, 0.5) is 17.6 Å². The van der Waals surface area contributed by atoms with E-state index >= 15 is 0 Å². The molecule has 4 nitrogen and oxygen atoms in total. The molecule has 0 spiro atoms. The van der Waals surface area contributed by atoms with Crippen LogP contribution in [0.1, 0.15) is 31.1 Å². The number of carbonyl (C=O) groups excluding carboxylic acids is 2. The number of alkyl halides is 4. The highest BCUT2D eigenvalue weighted by atomic mass is 19.3. The number of halogens is 4. The highest BCUT2D eigenvalue weighted by Gasteiger charge is 2.44. The molecule has 122 valence electrons. The number of ketones is 1. The van der Waals surface area contributed by atoms with Gasteiger partial charge in [0, 0.05) is 12.5 Å². The zero-order valence-electron chi connectivity index (χ0n) is 12.0. The second kappa shape index (κ2) is 6.33. The largest absolute Gasteiger partial charge is 0.461 e. The molecule has 0 heterocycles. The summed E-state index contributed by atoms with van der Waals surface area (Å²) in [4.78, 5) is 23.1. The van der Waals surface area contributed by atoms with Gasteiger partial charge in [-0.15, -0.1) is 0 Å². The van der Waals surface area contributed by atoms with Gasteiger partial charge >= 0.3 is 18.5 Å². The fourth-order valence-corrected chi connectivity index (χ4v) is 1.66. The number of esters is 1. The Labute approximate surface area is 124 Å². The van der Waals surface area contributed by atoms with Crippen LogP contribution in [-0.2, 0) is 9.53 Å². The SMILES string of the molecule is CC(=O)OC(C)(C)C(=O)c1cccc(OC(F)(F)C(F)F)c1. The molecule has 0 atom stereocenters. The normalized spacial score (nSPS) is 12.2. The number of rotatable bonds is 6. The van der Waals surface area contributed by atoms with E-state index < -0.39 is 35.6 Å². The van der Waals surface area contributed by atoms with Crippen LogP contribution >= 0.6 is 0 Å². The van der Waals surface area contributed by atoms with Crippen molar-refractivity contribution in [1.29, 1.82) is 0 Å². The summed E-state index contributed by atoms with van der Waals surface area (Å²) in [6.07, 6.45) is -8.68. The van der Waals surface area contributed by atoms with Gasteiger partial charge < -0.3 is 9.47 Å². The Kier molecular flexibility index (Phi) is 5.16. The third-order valence-electron chi connectivity index (χ3n) is 2.55. The number of carbonyl (C=O) groups is 2. The molecule has 1 rings (SSSR count). The minimum atomic E-state index is -4.67. The molecule has 0 bridgehead atoms. The molecule has 1 aromatic carbocycles. The minimum absolute atomic E-state index is 0.117. The van der Waals surface area contributed by atoms with Crippen LogP contribution in [0.15, 0.2) is 24.3 Å². The lowest BCUT2D eigenvalue weighted by atomic mass is 9.96. The predicted octanol–water partition coefficient (Wildman–Crippen LogP) is 3.45. The fourth-order valence-electron chi connectivity index (χ4n) is 1.66. The summed E-state index contributed by atoms with van der Waals surface area (Å²) >= 11 is 0. The molecule has 0 aromatic heterocycles. The van der Waals surface area contributed by atoms with Gasteiger partial charge in [0.25, 0.3) is 0 Å². The quantitative estimate of drug-likeness (QED) is 0.457. The average Bonchev–Trinajstić information content (AvgIpc) is 2.35. The summed E-state index contributed by atoms with van der Waals surface area (Å²) in [5, 5.41) is 0.